The van der Waals surface area contributed by atoms with Crippen LogP contribution in [0, 0.1) is 0 Å². The van der Waals surface area contributed by atoms with Gasteiger partial charge in [-0.3, -0.25) is 0 Å². The van der Waals surface area contributed by atoms with E-state index in [1.54, 1.807) is 0 Å². The van der Waals surface area contributed by atoms with Gasteiger partial charge in [0.05, 0.1) is 5.25 Å². The molecule has 0 atom stereocenters. The Labute approximate surface area is 117 Å². The van der Waals surface area contributed by atoms with Gasteiger partial charge in [-0.15, -0.1) is 0 Å². The number of nitrogens with one attached hydrogen (secondary N) is 1. The number of hydrogen-bond acceptors (Lipinski definition) is 3. The Morgan fingerprint density at radius 3 is 2.00 bits per heavy atom. The van der Waals surface area contributed by atoms with Crippen molar-refractivity contribution >= 4 is 10.0 Å². The average Bonchev–Trinajstić information content (AvgIpc) is 2.65. The summed E-state index contributed by atoms with van der Waals surface area (Å²) in [4.78, 5) is 0. The molecule has 5 heteroatoms. The Morgan fingerprint density at radius 2 is 1.47 bits per heavy atom. The molecule has 3 N–H and O–H groups in total. The second kappa shape index (κ2) is 6.55. The molecule has 0 amide bonds. The molecule has 2 aliphatic rings. The molecule has 2 saturated carbocycles. The molecule has 0 aliphatic heterocycles. The lowest BCUT2D eigenvalue weighted by Crippen LogP contribution is -2.55. The van der Waals surface area contributed by atoms with Gasteiger partial charge in [-0.1, -0.05) is 44.9 Å². The van der Waals surface area contributed by atoms with Crippen LogP contribution in [0.1, 0.15) is 70.6 Å². The van der Waals surface area contributed by atoms with Crippen molar-refractivity contribution in [2.24, 2.45) is 5.73 Å². The van der Waals surface area contributed by atoms with Gasteiger partial charge in [0.25, 0.3) is 0 Å². The second-order valence-electron chi connectivity index (χ2n) is 6.31. The summed E-state index contributed by atoms with van der Waals surface area (Å²) < 4.78 is 28.1. The molecular weight excluding hydrogens is 260 g/mol. The van der Waals surface area contributed by atoms with E-state index in [4.69, 9.17) is 5.73 Å². The first kappa shape index (κ1) is 15.3. The third-order valence-electron chi connectivity index (χ3n) is 4.80. The van der Waals surface area contributed by atoms with E-state index < -0.39 is 10.0 Å². The van der Waals surface area contributed by atoms with Crippen LogP contribution in [-0.2, 0) is 10.0 Å². The summed E-state index contributed by atoms with van der Waals surface area (Å²) in [7, 11) is -3.20. The molecule has 0 spiro atoms. The summed E-state index contributed by atoms with van der Waals surface area (Å²) in [6.45, 7) is 0.430. The molecular formula is C14H28N2O2S. The van der Waals surface area contributed by atoms with Crippen molar-refractivity contribution in [3.63, 3.8) is 0 Å². The summed E-state index contributed by atoms with van der Waals surface area (Å²) >= 11 is 0. The summed E-state index contributed by atoms with van der Waals surface area (Å²) in [5.74, 6) is 0. The first-order chi connectivity index (χ1) is 9.08. The number of rotatable bonds is 4. The summed E-state index contributed by atoms with van der Waals surface area (Å²) in [6, 6.07) is 0. The molecule has 2 aliphatic carbocycles. The van der Waals surface area contributed by atoms with E-state index in [-0.39, 0.29) is 10.8 Å². The fraction of sp³-hybridized carbons (Fsp3) is 1.00. The van der Waals surface area contributed by atoms with Crippen LogP contribution < -0.4 is 10.5 Å². The molecule has 0 radical (unpaired) electrons. The Hall–Kier alpha value is -0.130. The predicted molar refractivity (Wildman–Crippen MR) is 78.4 cm³/mol. The molecule has 0 bridgehead atoms. The fourth-order valence-electron chi connectivity index (χ4n) is 3.51. The summed E-state index contributed by atoms with van der Waals surface area (Å²) in [5.41, 5.74) is 5.55. The first-order valence-electron chi connectivity index (χ1n) is 7.81. The average molecular weight is 288 g/mol. The van der Waals surface area contributed by atoms with Gasteiger partial charge < -0.3 is 5.73 Å². The van der Waals surface area contributed by atoms with Crippen molar-refractivity contribution in [3.05, 3.63) is 0 Å². The van der Waals surface area contributed by atoms with Crippen LogP contribution in [0.3, 0.4) is 0 Å². The Kier molecular flexibility index (Phi) is 5.26. The fourth-order valence-corrected chi connectivity index (χ4v) is 5.53. The molecule has 0 saturated heterocycles. The molecule has 0 aromatic rings. The van der Waals surface area contributed by atoms with Crippen LogP contribution in [0.15, 0.2) is 0 Å². The van der Waals surface area contributed by atoms with Crippen LogP contribution >= 0.6 is 0 Å². The van der Waals surface area contributed by atoms with Gasteiger partial charge in [0.15, 0.2) is 0 Å². The summed E-state index contributed by atoms with van der Waals surface area (Å²) in [6.07, 6.45) is 11.3. The molecule has 2 rings (SSSR count). The highest BCUT2D eigenvalue weighted by atomic mass is 32.2. The van der Waals surface area contributed by atoms with Gasteiger partial charge in [-0.2, -0.15) is 0 Å². The number of hydrogen-bond donors (Lipinski definition) is 2. The first-order valence-corrected chi connectivity index (χ1v) is 9.35. The molecule has 112 valence electrons. The minimum Gasteiger partial charge on any atom is -0.329 e. The Balaban J connectivity index is 2.07. The van der Waals surface area contributed by atoms with Crippen LogP contribution in [0.2, 0.25) is 0 Å². The highest BCUT2D eigenvalue weighted by Gasteiger charge is 2.37. The van der Waals surface area contributed by atoms with E-state index in [1.165, 1.54) is 19.3 Å². The van der Waals surface area contributed by atoms with Crippen LogP contribution in [0.5, 0.6) is 0 Å². The molecule has 19 heavy (non-hydrogen) atoms. The quantitative estimate of drug-likeness (QED) is 0.780. The lowest BCUT2D eigenvalue weighted by molar-refractivity contribution is 0.338. The molecule has 0 aromatic carbocycles. The minimum atomic E-state index is -3.20. The standard InChI is InChI=1S/C14H28N2O2S/c15-12-14(10-6-1-2-7-11-14)16-19(17,18)13-8-4-3-5-9-13/h13,16H,1-12,15H2. The Bertz CT molecular complexity index is 367. The SMILES string of the molecule is NCC1(NS(=O)(=O)C2CCCCC2)CCCCCC1. The van der Waals surface area contributed by atoms with E-state index in [0.29, 0.717) is 6.54 Å². The van der Waals surface area contributed by atoms with Gasteiger partial charge in [0, 0.05) is 12.1 Å². The highest BCUT2D eigenvalue weighted by molar-refractivity contribution is 7.90. The predicted octanol–water partition coefficient (Wildman–Crippen LogP) is 2.29. The number of sulfonamides is 1. The highest BCUT2D eigenvalue weighted by Crippen LogP contribution is 2.30. The van der Waals surface area contributed by atoms with Crippen LogP contribution in [0.25, 0.3) is 0 Å². The van der Waals surface area contributed by atoms with Crippen molar-refractivity contribution in [2.75, 3.05) is 6.54 Å². The molecule has 0 aromatic heterocycles. The molecule has 0 heterocycles. The zero-order valence-corrected chi connectivity index (χ0v) is 12.7. The maximum Gasteiger partial charge on any atom is 0.215 e. The summed E-state index contributed by atoms with van der Waals surface area (Å²) in [5, 5.41) is -0.187. The lowest BCUT2D eigenvalue weighted by atomic mass is 9.92. The van der Waals surface area contributed by atoms with E-state index in [2.05, 4.69) is 4.72 Å². The van der Waals surface area contributed by atoms with Gasteiger partial charge >= 0.3 is 0 Å². The maximum absolute atomic E-state index is 12.6. The zero-order valence-electron chi connectivity index (χ0n) is 11.9. The van der Waals surface area contributed by atoms with Crippen molar-refractivity contribution in [2.45, 2.75) is 81.4 Å². The maximum atomic E-state index is 12.6. The Morgan fingerprint density at radius 1 is 0.947 bits per heavy atom. The number of nitrogens with two attached hydrogens (primary N) is 1. The minimum absolute atomic E-state index is 0.187. The van der Waals surface area contributed by atoms with E-state index in [0.717, 1.165) is 51.4 Å². The van der Waals surface area contributed by atoms with Crippen molar-refractivity contribution < 1.29 is 8.42 Å². The van der Waals surface area contributed by atoms with Crippen LogP contribution in [0.4, 0.5) is 0 Å². The van der Waals surface area contributed by atoms with Gasteiger partial charge in [0.2, 0.25) is 10.0 Å². The third-order valence-corrected chi connectivity index (χ3v) is 6.87. The third kappa shape index (κ3) is 3.92. The molecule has 0 unspecified atom stereocenters. The van der Waals surface area contributed by atoms with Gasteiger partial charge in [-0.05, 0) is 25.7 Å². The van der Waals surface area contributed by atoms with Crippen molar-refractivity contribution in [3.8, 4) is 0 Å². The molecule has 4 nitrogen and oxygen atoms in total. The lowest BCUT2D eigenvalue weighted by Gasteiger charge is -2.34. The molecule has 2 fully saturated rings. The van der Waals surface area contributed by atoms with Crippen molar-refractivity contribution in [1.82, 2.24) is 4.72 Å². The van der Waals surface area contributed by atoms with Gasteiger partial charge in [0.1, 0.15) is 0 Å². The second-order valence-corrected chi connectivity index (χ2v) is 8.27. The van der Waals surface area contributed by atoms with Crippen molar-refractivity contribution in [1.29, 1.82) is 0 Å². The van der Waals surface area contributed by atoms with Gasteiger partial charge in [-0.25, -0.2) is 13.1 Å². The zero-order chi connectivity index (χ0) is 13.8. The smallest absolute Gasteiger partial charge is 0.215 e. The topological polar surface area (TPSA) is 72.2 Å². The normalized spacial score (nSPS) is 25.9. The van der Waals surface area contributed by atoms with E-state index in [9.17, 15) is 8.42 Å². The van der Waals surface area contributed by atoms with E-state index in [1.807, 2.05) is 0 Å². The monoisotopic (exact) mass is 288 g/mol. The van der Waals surface area contributed by atoms with Crippen LogP contribution in [-0.4, -0.2) is 25.8 Å². The van der Waals surface area contributed by atoms with E-state index >= 15 is 0 Å². The largest absolute Gasteiger partial charge is 0.329 e.